The molecular formula is C41H51FN5O9PS2. The Labute approximate surface area is 347 Å². The fraction of sp³-hybridized carbons (Fsp3) is 0.561. The van der Waals surface area contributed by atoms with E-state index in [0.717, 1.165) is 19.3 Å². The van der Waals surface area contributed by atoms with Gasteiger partial charge in [0.2, 0.25) is 17.7 Å². The third-order valence-corrected chi connectivity index (χ3v) is 17.2. The van der Waals surface area contributed by atoms with Gasteiger partial charge in [0.05, 0.1) is 23.0 Å². The second-order valence-corrected chi connectivity index (χ2v) is 22.1. The number of nitrogens with zero attached hydrogens (tertiary/aromatic N) is 3. The molecule has 5 aliphatic rings. The minimum absolute atomic E-state index is 0.0197. The smallest absolute Gasteiger partial charge is 0.355 e. The molecule has 59 heavy (non-hydrogen) atoms. The maximum absolute atomic E-state index is 16.5. The Bertz CT molecular complexity index is 2240. The van der Waals surface area contributed by atoms with Crippen molar-refractivity contribution in [3.05, 3.63) is 65.0 Å². The molecule has 318 valence electrons. The topological polar surface area (TPSA) is 172 Å². The molecule has 0 spiro atoms. The summed E-state index contributed by atoms with van der Waals surface area (Å²) in [6.07, 6.45) is 4.17. The number of thiophene rings is 1. The number of hydrogen-bond donors (Lipinski definition) is 2. The van der Waals surface area contributed by atoms with Gasteiger partial charge in [-0.1, -0.05) is 31.2 Å². The number of halogens is 1. The Morgan fingerprint density at radius 3 is 2.44 bits per heavy atom. The van der Waals surface area contributed by atoms with Crippen LogP contribution in [0, 0.1) is 11.8 Å². The first kappa shape index (κ1) is 41.8. The summed E-state index contributed by atoms with van der Waals surface area (Å²) < 4.78 is 66.3. The number of ether oxygens (including phenoxy) is 1. The lowest BCUT2D eigenvalue weighted by Crippen LogP contribution is -2.66. The largest absolute Gasteiger partial charge is 0.465 e. The number of carbonyl (C=O) groups is 4. The SMILES string of the molecule is CCCOC(=O)[C@H](C)NP(=O)(Oc1ccccc1)C(F)c1ccc2sc(C(=O)N[C@H]3C[C@@H]4C[C@@H]4C[C@H]4CC[C@@H](C(=O)N5CC(N6CCS(=O)(=O)CC6)C5)N4C3=O)cc2c1. The number of amides is 3. The van der Waals surface area contributed by atoms with E-state index in [4.69, 9.17) is 9.26 Å². The predicted molar refractivity (Wildman–Crippen MR) is 221 cm³/mol. The number of hydrogen-bond acceptors (Lipinski definition) is 11. The molecule has 0 radical (unpaired) electrons. The molecule has 3 amide bonds. The summed E-state index contributed by atoms with van der Waals surface area (Å²) in [5.74, 6) is -2.52. The van der Waals surface area contributed by atoms with E-state index in [0.29, 0.717) is 72.2 Å². The van der Waals surface area contributed by atoms with E-state index >= 15 is 4.39 Å². The molecule has 4 saturated heterocycles. The normalized spacial score (nSPS) is 27.6. The van der Waals surface area contributed by atoms with Crippen LogP contribution in [0.1, 0.15) is 73.5 Å². The van der Waals surface area contributed by atoms with Crippen molar-refractivity contribution in [1.29, 1.82) is 0 Å². The van der Waals surface area contributed by atoms with Gasteiger partial charge in [-0.25, -0.2) is 17.9 Å². The Morgan fingerprint density at radius 2 is 1.71 bits per heavy atom. The Balaban J connectivity index is 0.958. The second kappa shape index (κ2) is 16.9. The van der Waals surface area contributed by atoms with Crippen molar-refractivity contribution in [3.63, 3.8) is 0 Å². The minimum atomic E-state index is -4.45. The number of nitrogens with one attached hydrogen (secondary N) is 2. The van der Waals surface area contributed by atoms with E-state index in [-0.39, 0.29) is 53.3 Å². The highest BCUT2D eigenvalue weighted by molar-refractivity contribution is 7.91. The van der Waals surface area contributed by atoms with Crippen molar-refractivity contribution in [1.82, 2.24) is 25.1 Å². The summed E-state index contributed by atoms with van der Waals surface area (Å²) in [6.45, 7) is 5.37. The van der Waals surface area contributed by atoms with Crippen LogP contribution in [-0.2, 0) is 33.5 Å². The molecular weight excluding hydrogens is 821 g/mol. The van der Waals surface area contributed by atoms with E-state index < -0.39 is 53.3 Å². The molecule has 2 N–H and O–H groups in total. The maximum Gasteiger partial charge on any atom is 0.355 e. The van der Waals surface area contributed by atoms with Gasteiger partial charge in [0.25, 0.3) is 5.91 Å². The summed E-state index contributed by atoms with van der Waals surface area (Å²) in [4.78, 5) is 60.8. The van der Waals surface area contributed by atoms with Gasteiger partial charge in [-0.2, -0.15) is 0 Å². The van der Waals surface area contributed by atoms with Crippen LogP contribution in [-0.4, -0.2) is 121 Å². The molecule has 14 nitrogen and oxygen atoms in total. The van der Waals surface area contributed by atoms with Crippen molar-refractivity contribution in [3.8, 4) is 5.75 Å². The minimum Gasteiger partial charge on any atom is -0.465 e. The number of sulfone groups is 1. The van der Waals surface area contributed by atoms with Crippen LogP contribution >= 0.6 is 18.9 Å². The van der Waals surface area contributed by atoms with Crippen molar-refractivity contribution in [2.45, 2.75) is 88.5 Å². The number of carbonyl (C=O) groups excluding carboxylic acids is 4. The average Bonchev–Trinajstić information content (AvgIpc) is 3.55. The summed E-state index contributed by atoms with van der Waals surface area (Å²) in [5, 5.41) is 6.11. The lowest BCUT2D eigenvalue weighted by atomic mass is 9.98. The zero-order valence-corrected chi connectivity index (χ0v) is 35.7. The van der Waals surface area contributed by atoms with Crippen molar-refractivity contribution in [2.75, 3.05) is 44.3 Å². The highest BCUT2D eigenvalue weighted by atomic mass is 32.2. The molecule has 2 aromatic carbocycles. The molecule has 8 rings (SSSR count). The molecule has 2 unspecified atom stereocenters. The van der Waals surface area contributed by atoms with Crippen LogP contribution < -0.4 is 14.9 Å². The van der Waals surface area contributed by atoms with Gasteiger partial charge in [-0.15, -0.1) is 11.3 Å². The molecule has 8 atom stereocenters. The quantitative estimate of drug-likeness (QED) is 0.177. The lowest BCUT2D eigenvalue weighted by molar-refractivity contribution is -0.151. The summed E-state index contributed by atoms with van der Waals surface area (Å²) in [7, 11) is -7.46. The van der Waals surface area contributed by atoms with Crippen molar-refractivity contribution < 1.29 is 45.8 Å². The molecule has 1 aromatic heterocycles. The first-order chi connectivity index (χ1) is 28.2. The molecule has 4 aliphatic heterocycles. The van der Waals surface area contributed by atoms with Crippen LogP contribution in [0.2, 0.25) is 0 Å². The molecule has 18 heteroatoms. The van der Waals surface area contributed by atoms with Crippen LogP contribution in [0.5, 0.6) is 5.75 Å². The monoisotopic (exact) mass is 871 g/mol. The summed E-state index contributed by atoms with van der Waals surface area (Å²) in [6, 6.07) is 11.8. The van der Waals surface area contributed by atoms with Gasteiger partial charge in [0, 0.05) is 43.0 Å². The van der Waals surface area contributed by atoms with Crippen molar-refractivity contribution >= 4 is 62.5 Å². The van der Waals surface area contributed by atoms with Crippen LogP contribution in [0.15, 0.2) is 54.6 Å². The molecule has 3 aromatic rings. The Kier molecular flexibility index (Phi) is 12.0. The number of benzene rings is 2. The number of rotatable bonds is 13. The van der Waals surface area contributed by atoms with Crippen molar-refractivity contribution in [2.24, 2.45) is 11.8 Å². The van der Waals surface area contributed by atoms with Crippen LogP contribution in [0.25, 0.3) is 10.1 Å². The first-order valence-corrected chi connectivity index (χ1v) is 24.9. The van der Waals surface area contributed by atoms with E-state index in [1.165, 1.54) is 42.5 Å². The predicted octanol–water partition coefficient (Wildman–Crippen LogP) is 4.90. The van der Waals surface area contributed by atoms with E-state index in [2.05, 4.69) is 15.3 Å². The van der Waals surface area contributed by atoms with Gasteiger partial charge in [0.15, 0.2) is 9.84 Å². The molecule has 5 fully saturated rings. The van der Waals surface area contributed by atoms with Crippen LogP contribution in [0.3, 0.4) is 0 Å². The Hall–Kier alpha value is -3.89. The number of likely N-dealkylation sites (tertiary alicyclic amines) is 1. The number of fused-ring (bicyclic) bond motifs is 3. The van der Waals surface area contributed by atoms with E-state index in [9.17, 15) is 32.2 Å². The second-order valence-electron chi connectivity index (χ2n) is 16.6. The molecule has 1 saturated carbocycles. The molecule has 1 aliphatic carbocycles. The molecule has 5 heterocycles. The lowest BCUT2D eigenvalue weighted by Gasteiger charge is -2.48. The number of alkyl halides is 1. The fourth-order valence-corrected chi connectivity index (χ4v) is 13.1. The summed E-state index contributed by atoms with van der Waals surface area (Å²) >= 11 is 1.18. The zero-order valence-electron chi connectivity index (χ0n) is 33.2. The first-order valence-electron chi connectivity index (χ1n) is 20.5. The fourth-order valence-electron chi connectivity index (χ4n) is 8.97. The highest BCUT2D eigenvalue weighted by Crippen LogP contribution is 2.58. The molecule has 0 bridgehead atoms. The zero-order chi connectivity index (χ0) is 41.6. The van der Waals surface area contributed by atoms with E-state index in [1.54, 1.807) is 40.1 Å². The maximum atomic E-state index is 16.5. The van der Waals surface area contributed by atoms with Gasteiger partial charge < -0.3 is 24.4 Å². The highest BCUT2D eigenvalue weighted by Gasteiger charge is 2.53. The van der Waals surface area contributed by atoms with Gasteiger partial charge in [-0.3, -0.25) is 28.6 Å². The standard InChI is InChI=1S/C41H51FN5O9PS2/c1-3-15-55-41(51)25(2)44-57(52,56-32-7-5-4-6-8-32)37(42)26-9-12-35-29(18-26)22-36(58-35)38(48)43-33-21-28-19-27(28)20-30-10-11-34(47(30)39(33)49)40(50)46-23-31(24-46)45-13-16-59(53,54)17-14-45/h4-9,12,18,22,25,27-28,30-31,33-34,37H,3,10-11,13-17,19-21,23-24H2,1-2H3,(H,43,48)(H,44,52)/t25-,27+,28-,30+,33-,34-,37?,57?/m0/s1. The number of esters is 1. The third kappa shape index (κ3) is 8.95. The van der Waals surface area contributed by atoms with Gasteiger partial charge >= 0.3 is 13.5 Å². The van der Waals surface area contributed by atoms with Crippen LogP contribution in [0.4, 0.5) is 4.39 Å². The van der Waals surface area contributed by atoms with Gasteiger partial charge in [-0.05, 0) is 98.6 Å². The van der Waals surface area contributed by atoms with Gasteiger partial charge in [0.1, 0.15) is 23.9 Å². The number of para-hydroxylation sites is 1. The van der Waals surface area contributed by atoms with E-state index in [1.807, 2.05) is 6.92 Å². The summed E-state index contributed by atoms with van der Waals surface area (Å²) in [5.41, 5.74) is 0.0197. The third-order valence-electron chi connectivity index (χ3n) is 12.4. The average molecular weight is 872 g/mol. The Morgan fingerprint density at radius 1 is 0.983 bits per heavy atom.